The van der Waals surface area contributed by atoms with Crippen LogP contribution in [-0.2, 0) is 40.3 Å². The van der Waals surface area contributed by atoms with Crippen LogP contribution in [0.15, 0.2) is 78.9 Å². The number of amides is 4. The number of nitrogens with zero attached hydrogens (tertiary/aromatic N) is 3. The second kappa shape index (κ2) is 17.4. The molecule has 3 heterocycles. The molecule has 1 saturated heterocycles. The Balaban J connectivity index is 0.944. The van der Waals surface area contributed by atoms with Crippen LogP contribution in [0.5, 0.6) is 17.2 Å². The average molecular weight is 886 g/mol. The Bertz CT molecular complexity index is 2560. The summed E-state index contributed by atoms with van der Waals surface area (Å²) in [6.45, 7) is 0.661. The summed E-state index contributed by atoms with van der Waals surface area (Å²) in [5, 5.41) is 19.6. The van der Waals surface area contributed by atoms with E-state index in [0.717, 1.165) is 15.6 Å². The van der Waals surface area contributed by atoms with Gasteiger partial charge in [-0.1, -0.05) is 35.9 Å². The van der Waals surface area contributed by atoms with Gasteiger partial charge in [-0.2, -0.15) is 31.4 Å². The highest BCUT2D eigenvalue weighted by atomic mass is 35.5. The maximum absolute atomic E-state index is 13.8. The summed E-state index contributed by atoms with van der Waals surface area (Å²) in [4.78, 5) is 51.2. The van der Waals surface area contributed by atoms with Gasteiger partial charge >= 0.3 is 12.4 Å². The molecule has 4 amide bonds. The van der Waals surface area contributed by atoms with Crippen LogP contribution >= 0.6 is 11.6 Å². The highest BCUT2D eigenvalue weighted by molar-refractivity contribution is 6.31. The molecule has 0 saturated carbocycles. The molecule has 5 aromatic rings. The summed E-state index contributed by atoms with van der Waals surface area (Å²) >= 11 is 5.84. The lowest BCUT2D eigenvalue weighted by molar-refractivity contribution is -0.141. The number of nitrogens with one attached hydrogen (secondary N) is 2. The summed E-state index contributed by atoms with van der Waals surface area (Å²) in [5.41, 5.74) is -1.85. The van der Waals surface area contributed by atoms with E-state index in [2.05, 4.69) is 15.7 Å². The number of hydrogen-bond acceptors (Lipinski definition) is 10. The van der Waals surface area contributed by atoms with Crippen LogP contribution in [0.2, 0.25) is 5.02 Å². The number of halogens is 7. The zero-order valence-electron chi connectivity index (χ0n) is 32.3. The van der Waals surface area contributed by atoms with Crippen molar-refractivity contribution < 1.29 is 64.8 Å². The van der Waals surface area contributed by atoms with E-state index in [-0.39, 0.29) is 85.1 Å². The SMILES string of the molecule is Cn1nc(C(F)(F)F)cc1-c1ccc(OCc2ccc(OCCOCCNc3cccc4c3C(=O)N(C3CCC(=O)NC3=O)C4=O)cc2)c(-c2ccc(Cl)c(C(F)(F)F)c2)c1O. The molecule has 0 bridgehead atoms. The molecule has 1 atom stereocenters. The molecule has 324 valence electrons. The number of carbonyl (C=O) groups excluding carboxylic acids is 4. The lowest BCUT2D eigenvalue weighted by Crippen LogP contribution is -2.54. The first kappa shape index (κ1) is 43.5. The van der Waals surface area contributed by atoms with E-state index in [1.165, 1.54) is 31.3 Å². The van der Waals surface area contributed by atoms with Gasteiger partial charge < -0.3 is 24.6 Å². The number of aromatic nitrogens is 2. The van der Waals surface area contributed by atoms with Gasteiger partial charge in [0.05, 0.1) is 46.2 Å². The Labute approximate surface area is 353 Å². The van der Waals surface area contributed by atoms with Crippen molar-refractivity contribution in [3.8, 4) is 39.6 Å². The molecule has 1 unspecified atom stereocenters. The van der Waals surface area contributed by atoms with Crippen LogP contribution in [-0.4, -0.2) is 75.8 Å². The van der Waals surface area contributed by atoms with Gasteiger partial charge in [-0.05, 0) is 72.1 Å². The number of anilines is 1. The van der Waals surface area contributed by atoms with Gasteiger partial charge in [0, 0.05) is 31.3 Å². The average Bonchev–Trinajstić information content (AvgIpc) is 3.73. The summed E-state index contributed by atoms with van der Waals surface area (Å²) in [7, 11) is 1.23. The number of hydrogen-bond donors (Lipinski definition) is 3. The number of phenolic OH excluding ortho intramolecular Hbond substituents is 1. The maximum atomic E-state index is 13.8. The number of alkyl halides is 6. The molecule has 2 aliphatic heterocycles. The van der Waals surface area contributed by atoms with Crippen molar-refractivity contribution in [1.29, 1.82) is 0 Å². The van der Waals surface area contributed by atoms with Gasteiger partial charge in [0.25, 0.3) is 11.8 Å². The molecule has 0 spiro atoms. The minimum absolute atomic E-state index is 0.00758. The minimum Gasteiger partial charge on any atom is -0.506 e. The lowest BCUT2D eigenvalue weighted by Gasteiger charge is -2.27. The molecule has 4 aromatic carbocycles. The number of aromatic hydroxyl groups is 1. The number of aryl methyl sites for hydroxylation is 1. The largest absolute Gasteiger partial charge is 0.506 e. The molecular weight excluding hydrogens is 852 g/mol. The number of ether oxygens (including phenoxy) is 3. The summed E-state index contributed by atoms with van der Waals surface area (Å²) in [5.74, 6) is -2.67. The molecule has 13 nitrogen and oxygen atoms in total. The Hall–Kier alpha value is -6.60. The van der Waals surface area contributed by atoms with Crippen LogP contribution < -0.4 is 20.1 Å². The smallest absolute Gasteiger partial charge is 0.435 e. The molecule has 2 aliphatic rings. The van der Waals surface area contributed by atoms with Crippen molar-refractivity contribution in [2.45, 2.75) is 37.8 Å². The fourth-order valence-electron chi connectivity index (χ4n) is 7.02. The minimum atomic E-state index is -4.86. The molecule has 20 heteroatoms. The van der Waals surface area contributed by atoms with E-state index in [4.69, 9.17) is 25.8 Å². The number of fused-ring (bicyclic) bond motifs is 1. The van der Waals surface area contributed by atoms with Gasteiger partial charge in [0.1, 0.15) is 36.5 Å². The summed E-state index contributed by atoms with van der Waals surface area (Å²) in [6, 6.07) is 16.5. The number of benzene rings is 4. The molecule has 0 aliphatic carbocycles. The number of rotatable bonds is 14. The fraction of sp³-hybridized carbons (Fsp3) is 0.262. The van der Waals surface area contributed by atoms with Crippen molar-refractivity contribution >= 4 is 40.9 Å². The van der Waals surface area contributed by atoms with Crippen molar-refractivity contribution in [1.82, 2.24) is 20.0 Å². The van der Waals surface area contributed by atoms with Crippen molar-refractivity contribution in [2.24, 2.45) is 7.05 Å². The van der Waals surface area contributed by atoms with Crippen LogP contribution in [0.25, 0.3) is 22.4 Å². The van der Waals surface area contributed by atoms with E-state index in [9.17, 15) is 50.6 Å². The molecule has 0 radical (unpaired) electrons. The Morgan fingerprint density at radius 3 is 2.31 bits per heavy atom. The second-order valence-electron chi connectivity index (χ2n) is 14.1. The molecule has 62 heavy (non-hydrogen) atoms. The zero-order valence-corrected chi connectivity index (χ0v) is 33.1. The molecular formula is C42H34ClF6N5O8. The highest BCUT2D eigenvalue weighted by Gasteiger charge is 2.45. The number of piperidine rings is 1. The van der Waals surface area contributed by atoms with Crippen LogP contribution in [0.1, 0.15) is 50.4 Å². The van der Waals surface area contributed by atoms with E-state index in [1.807, 2.05) is 0 Å². The molecule has 1 fully saturated rings. The number of phenols is 1. The monoisotopic (exact) mass is 885 g/mol. The standard InChI is InChI=1S/C42H34ClF6N5O8/c1-53-31(20-33(52-53)42(47,48)49)25-10-13-32(35(37(25)56)23-7-11-28(43)27(19-23)41(44,45)46)62-21-22-5-8-24(9-6-22)61-18-17-60-16-15-50-29-4-2-3-26-36(29)40(59)54(39(26)58)30-12-14-34(55)51-38(30)57/h2-11,13,19-20,30,50,56H,12,14-18,21H2,1H3,(H,51,55,57). The quantitative estimate of drug-likeness (QED) is 0.0575. The van der Waals surface area contributed by atoms with Crippen LogP contribution in [0.4, 0.5) is 32.0 Å². The van der Waals surface area contributed by atoms with Crippen molar-refractivity contribution in [3.05, 3.63) is 112 Å². The molecule has 3 N–H and O–H groups in total. The number of carbonyl (C=O) groups is 4. The lowest BCUT2D eigenvalue weighted by atomic mass is 9.97. The van der Waals surface area contributed by atoms with Gasteiger partial charge in [-0.25, -0.2) is 0 Å². The maximum Gasteiger partial charge on any atom is 0.435 e. The summed E-state index contributed by atoms with van der Waals surface area (Å²) < 4.78 is 100. The van der Waals surface area contributed by atoms with Crippen molar-refractivity contribution in [3.63, 3.8) is 0 Å². The van der Waals surface area contributed by atoms with E-state index < -0.39 is 64.1 Å². The predicted molar refractivity (Wildman–Crippen MR) is 209 cm³/mol. The number of imide groups is 2. The topological polar surface area (TPSA) is 161 Å². The van der Waals surface area contributed by atoms with E-state index in [1.54, 1.807) is 36.4 Å². The van der Waals surface area contributed by atoms with E-state index >= 15 is 0 Å². The van der Waals surface area contributed by atoms with Crippen LogP contribution in [0, 0.1) is 0 Å². The first-order chi connectivity index (χ1) is 29.4. The predicted octanol–water partition coefficient (Wildman–Crippen LogP) is 7.64. The first-order valence-corrected chi connectivity index (χ1v) is 19.2. The Morgan fingerprint density at radius 2 is 1.61 bits per heavy atom. The third kappa shape index (κ3) is 9.03. The third-order valence-corrected chi connectivity index (χ3v) is 10.3. The van der Waals surface area contributed by atoms with Crippen molar-refractivity contribution in [2.75, 3.05) is 31.7 Å². The Morgan fingerprint density at radius 1 is 0.855 bits per heavy atom. The highest BCUT2D eigenvalue weighted by Crippen LogP contribution is 2.47. The van der Waals surface area contributed by atoms with Crippen LogP contribution in [0.3, 0.4) is 0 Å². The normalized spacial score (nSPS) is 15.5. The van der Waals surface area contributed by atoms with Gasteiger partial charge in [0.15, 0.2) is 5.69 Å². The van der Waals surface area contributed by atoms with Gasteiger partial charge in [-0.3, -0.25) is 34.1 Å². The second-order valence-corrected chi connectivity index (χ2v) is 14.5. The van der Waals surface area contributed by atoms with E-state index in [0.29, 0.717) is 29.1 Å². The Kier molecular flexibility index (Phi) is 12.2. The third-order valence-electron chi connectivity index (χ3n) is 9.99. The first-order valence-electron chi connectivity index (χ1n) is 18.8. The fourth-order valence-corrected chi connectivity index (χ4v) is 7.24. The molecule has 7 rings (SSSR count). The molecule has 1 aromatic heterocycles. The summed E-state index contributed by atoms with van der Waals surface area (Å²) in [6.07, 6.45) is -9.61. The van der Waals surface area contributed by atoms with Gasteiger partial charge in [-0.15, -0.1) is 0 Å². The van der Waals surface area contributed by atoms with Gasteiger partial charge in [0.2, 0.25) is 11.8 Å². The zero-order chi connectivity index (χ0) is 44.5.